The van der Waals surface area contributed by atoms with Crippen molar-refractivity contribution in [2.45, 2.75) is 32.6 Å². The normalized spacial score (nSPS) is 14.3. The summed E-state index contributed by atoms with van der Waals surface area (Å²) >= 11 is 0. The van der Waals surface area contributed by atoms with Gasteiger partial charge in [0.15, 0.2) is 0 Å². The largest absolute Gasteiger partial charge is 0.384 e. The van der Waals surface area contributed by atoms with E-state index in [0.717, 1.165) is 30.8 Å². The second kappa shape index (κ2) is 4.80. The summed E-state index contributed by atoms with van der Waals surface area (Å²) in [5, 5.41) is 3.29. The van der Waals surface area contributed by atoms with E-state index in [1.165, 1.54) is 24.2 Å². The van der Waals surface area contributed by atoms with Gasteiger partial charge in [0.25, 0.3) is 0 Å². The number of rotatable bonds is 3. The SMILES string of the molecule is CCNc1cncc(-n2cnc3c2CCCC3)c1. The van der Waals surface area contributed by atoms with E-state index in [-0.39, 0.29) is 0 Å². The number of hydrogen-bond donors (Lipinski definition) is 1. The van der Waals surface area contributed by atoms with Gasteiger partial charge in [-0.25, -0.2) is 4.98 Å². The molecule has 1 aliphatic rings. The van der Waals surface area contributed by atoms with Crippen molar-refractivity contribution in [3.05, 3.63) is 36.2 Å². The van der Waals surface area contributed by atoms with Gasteiger partial charge >= 0.3 is 0 Å². The molecule has 1 N–H and O–H groups in total. The average Bonchev–Trinajstić information content (AvgIpc) is 2.83. The summed E-state index contributed by atoms with van der Waals surface area (Å²) in [5.41, 5.74) is 4.78. The molecule has 0 amide bonds. The second-order valence-electron chi connectivity index (χ2n) is 4.68. The summed E-state index contributed by atoms with van der Waals surface area (Å²) in [6.45, 7) is 3.00. The predicted octanol–water partition coefficient (Wildman–Crippen LogP) is 2.58. The highest BCUT2D eigenvalue weighted by Gasteiger charge is 2.16. The standard InChI is InChI=1S/C14H18N4/c1-2-16-11-7-12(9-15-8-11)18-10-17-13-5-3-4-6-14(13)18/h7-10,16H,2-6H2,1H3. The van der Waals surface area contributed by atoms with E-state index in [4.69, 9.17) is 0 Å². The summed E-state index contributed by atoms with van der Waals surface area (Å²) in [5.74, 6) is 0. The van der Waals surface area contributed by atoms with Gasteiger partial charge in [0.1, 0.15) is 0 Å². The maximum atomic E-state index is 4.52. The van der Waals surface area contributed by atoms with Crippen molar-refractivity contribution in [2.24, 2.45) is 0 Å². The predicted molar refractivity (Wildman–Crippen MR) is 72.2 cm³/mol. The number of aromatic nitrogens is 3. The summed E-state index contributed by atoms with van der Waals surface area (Å²) < 4.78 is 2.18. The summed E-state index contributed by atoms with van der Waals surface area (Å²) in [6, 6.07) is 2.13. The monoisotopic (exact) mass is 242 g/mol. The lowest BCUT2D eigenvalue weighted by Gasteiger charge is -2.14. The van der Waals surface area contributed by atoms with E-state index in [1.54, 1.807) is 0 Å². The number of aryl methyl sites for hydroxylation is 1. The molecule has 94 valence electrons. The van der Waals surface area contributed by atoms with Crippen molar-refractivity contribution in [3.63, 3.8) is 0 Å². The molecule has 0 aromatic carbocycles. The minimum absolute atomic E-state index is 0.910. The Morgan fingerprint density at radius 2 is 2.17 bits per heavy atom. The molecule has 0 aliphatic heterocycles. The molecular weight excluding hydrogens is 224 g/mol. The molecule has 0 saturated heterocycles. The number of hydrogen-bond acceptors (Lipinski definition) is 3. The van der Waals surface area contributed by atoms with Crippen molar-refractivity contribution in [1.29, 1.82) is 0 Å². The quantitative estimate of drug-likeness (QED) is 0.899. The van der Waals surface area contributed by atoms with Crippen LogP contribution in [0.4, 0.5) is 5.69 Å². The molecule has 0 spiro atoms. The van der Waals surface area contributed by atoms with Crippen molar-refractivity contribution in [2.75, 3.05) is 11.9 Å². The smallest absolute Gasteiger partial charge is 0.0998 e. The van der Waals surface area contributed by atoms with Crippen LogP contribution in [0.5, 0.6) is 0 Å². The Hall–Kier alpha value is -1.84. The van der Waals surface area contributed by atoms with Crippen LogP contribution in [0.15, 0.2) is 24.8 Å². The van der Waals surface area contributed by atoms with Gasteiger partial charge in [0.05, 0.1) is 35.8 Å². The lowest BCUT2D eigenvalue weighted by atomic mass is 10.0. The van der Waals surface area contributed by atoms with Gasteiger partial charge in [-0.15, -0.1) is 0 Å². The Bertz CT molecular complexity index is 544. The third kappa shape index (κ3) is 1.98. The zero-order valence-electron chi connectivity index (χ0n) is 10.7. The number of anilines is 1. The number of nitrogens with one attached hydrogen (secondary N) is 1. The van der Waals surface area contributed by atoms with Crippen LogP contribution in [-0.4, -0.2) is 21.1 Å². The van der Waals surface area contributed by atoms with E-state index in [9.17, 15) is 0 Å². The molecule has 3 rings (SSSR count). The first-order valence-corrected chi connectivity index (χ1v) is 6.63. The minimum Gasteiger partial charge on any atom is -0.384 e. The zero-order valence-corrected chi connectivity index (χ0v) is 10.7. The van der Waals surface area contributed by atoms with E-state index in [1.807, 2.05) is 18.7 Å². The first-order valence-electron chi connectivity index (χ1n) is 6.63. The number of pyridine rings is 1. The van der Waals surface area contributed by atoms with Crippen LogP contribution in [0.3, 0.4) is 0 Å². The van der Waals surface area contributed by atoms with E-state index >= 15 is 0 Å². The third-order valence-corrected chi connectivity index (χ3v) is 3.41. The fourth-order valence-electron chi connectivity index (χ4n) is 2.55. The first-order chi connectivity index (χ1) is 8.88. The summed E-state index contributed by atoms with van der Waals surface area (Å²) in [6.07, 6.45) is 10.5. The molecule has 0 atom stereocenters. The van der Waals surface area contributed by atoms with E-state index in [2.05, 4.69) is 32.8 Å². The molecule has 2 aromatic heterocycles. The Balaban J connectivity index is 1.99. The maximum absolute atomic E-state index is 4.52. The summed E-state index contributed by atoms with van der Waals surface area (Å²) in [4.78, 5) is 8.82. The molecular formula is C14H18N4. The van der Waals surface area contributed by atoms with Crippen LogP contribution in [-0.2, 0) is 12.8 Å². The van der Waals surface area contributed by atoms with Crippen molar-refractivity contribution in [1.82, 2.24) is 14.5 Å². The first kappa shape index (κ1) is 11.3. The van der Waals surface area contributed by atoms with Gasteiger partial charge in [-0.05, 0) is 38.7 Å². The zero-order chi connectivity index (χ0) is 12.4. The van der Waals surface area contributed by atoms with Gasteiger partial charge in [-0.1, -0.05) is 0 Å². The summed E-state index contributed by atoms with van der Waals surface area (Å²) in [7, 11) is 0. The van der Waals surface area contributed by atoms with E-state index in [0.29, 0.717) is 0 Å². The van der Waals surface area contributed by atoms with Crippen LogP contribution >= 0.6 is 0 Å². The molecule has 0 unspecified atom stereocenters. The van der Waals surface area contributed by atoms with Crippen LogP contribution in [0.2, 0.25) is 0 Å². The fourth-order valence-corrected chi connectivity index (χ4v) is 2.55. The molecule has 2 aromatic rings. The second-order valence-corrected chi connectivity index (χ2v) is 4.68. The van der Waals surface area contributed by atoms with Crippen molar-refractivity contribution in [3.8, 4) is 5.69 Å². The molecule has 0 saturated carbocycles. The maximum Gasteiger partial charge on any atom is 0.0998 e. The number of imidazole rings is 1. The highest BCUT2D eigenvalue weighted by Crippen LogP contribution is 2.23. The number of nitrogens with zero attached hydrogens (tertiary/aromatic N) is 3. The molecule has 18 heavy (non-hydrogen) atoms. The lowest BCUT2D eigenvalue weighted by molar-refractivity contribution is 0.656. The van der Waals surface area contributed by atoms with E-state index < -0.39 is 0 Å². The number of fused-ring (bicyclic) bond motifs is 1. The fraction of sp³-hybridized carbons (Fsp3) is 0.429. The highest BCUT2D eigenvalue weighted by molar-refractivity contribution is 5.49. The Morgan fingerprint density at radius 1 is 1.28 bits per heavy atom. The van der Waals surface area contributed by atoms with Gasteiger partial charge in [0, 0.05) is 12.2 Å². The molecule has 2 heterocycles. The average molecular weight is 242 g/mol. The van der Waals surface area contributed by atoms with Crippen LogP contribution in [0, 0.1) is 0 Å². The molecule has 0 fully saturated rings. The van der Waals surface area contributed by atoms with Gasteiger partial charge in [-0.3, -0.25) is 4.98 Å². The highest BCUT2D eigenvalue weighted by atomic mass is 15.1. The van der Waals surface area contributed by atoms with Gasteiger partial charge in [0.2, 0.25) is 0 Å². The molecule has 0 radical (unpaired) electrons. The molecule has 4 nitrogen and oxygen atoms in total. The van der Waals surface area contributed by atoms with Crippen LogP contribution in [0.1, 0.15) is 31.2 Å². The van der Waals surface area contributed by atoms with Gasteiger partial charge in [-0.2, -0.15) is 0 Å². The van der Waals surface area contributed by atoms with Crippen molar-refractivity contribution < 1.29 is 0 Å². The third-order valence-electron chi connectivity index (χ3n) is 3.41. The molecule has 0 bridgehead atoms. The van der Waals surface area contributed by atoms with Crippen LogP contribution < -0.4 is 5.32 Å². The minimum atomic E-state index is 0.910. The Morgan fingerprint density at radius 3 is 3.06 bits per heavy atom. The van der Waals surface area contributed by atoms with Crippen LogP contribution in [0.25, 0.3) is 5.69 Å². The topological polar surface area (TPSA) is 42.7 Å². The van der Waals surface area contributed by atoms with Gasteiger partial charge < -0.3 is 9.88 Å². The Kier molecular flexibility index (Phi) is 3.00. The Labute approximate surface area is 107 Å². The lowest BCUT2D eigenvalue weighted by Crippen LogP contribution is -2.07. The molecule has 4 heteroatoms. The van der Waals surface area contributed by atoms with Crippen molar-refractivity contribution >= 4 is 5.69 Å². The molecule has 1 aliphatic carbocycles.